The van der Waals surface area contributed by atoms with Crippen molar-refractivity contribution >= 4 is 10.2 Å². The molecule has 1 heterocycles. The summed E-state index contributed by atoms with van der Waals surface area (Å²) in [5.41, 5.74) is 0.781. The molecule has 106 valence electrons. The maximum absolute atomic E-state index is 13.0. The fourth-order valence-corrected chi connectivity index (χ4v) is 3.20. The molecule has 0 saturated carbocycles. The van der Waals surface area contributed by atoms with Gasteiger partial charge in [0.1, 0.15) is 5.82 Å². The van der Waals surface area contributed by atoms with Gasteiger partial charge in [0.2, 0.25) is 0 Å². The largest absolute Gasteiger partial charge is 0.314 e. The monoisotopic (exact) mass is 287 g/mol. The van der Waals surface area contributed by atoms with Crippen molar-refractivity contribution in [2.45, 2.75) is 6.42 Å². The van der Waals surface area contributed by atoms with E-state index in [-0.39, 0.29) is 12.4 Å². The molecule has 0 aromatic heterocycles. The predicted octanol–water partition coefficient (Wildman–Crippen LogP) is 0.108. The molecule has 1 aromatic carbocycles. The number of hydrogen-bond donors (Lipinski definition) is 2. The first kappa shape index (κ1) is 14.4. The highest BCUT2D eigenvalue weighted by atomic mass is 32.2. The van der Waals surface area contributed by atoms with Crippen molar-refractivity contribution in [3.05, 3.63) is 35.6 Å². The van der Waals surface area contributed by atoms with E-state index in [1.807, 2.05) is 0 Å². The molecular weight excluding hydrogens is 269 g/mol. The van der Waals surface area contributed by atoms with Crippen LogP contribution in [0.4, 0.5) is 4.39 Å². The normalized spacial score (nSPS) is 17.5. The maximum atomic E-state index is 13.0. The van der Waals surface area contributed by atoms with Crippen molar-refractivity contribution in [1.82, 2.24) is 14.3 Å². The molecule has 1 aliphatic heterocycles. The Labute approximate surface area is 113 Å². The zero-order valence-electron chi connectivity index (χ0n) is 10.6. The topological polar surface area (TPSA) is 61.4 Å². The molecule has 2 N–H and O–H groups in total. The predicted molar refractivity (Wildman–Crippen MR) is 71.5 cm³/mol. The fourth-order valence-electron chi connectivity index (χ4n) is 1.99. The van der Waals surface area contributed by atoms with Gasteiger partial charge in [0, 0.05) is 32.7 Å². The van der Waals surface area contributed by atoms with Crippen LogP contribution in [0.3, 0.4) is 0 Å². The second-order valence-corrected chi connectivity index (χ2v) is 6.18. The number of nitrogens with zero attached hydrogens (tertiary/aromatic N) is 1. The lowest BCUT2D eigenvalue weighted by Gasteiger charge is -2.26. The summed E-state index contributed by atoms with van der Waals surface area (Å²) in [7, 11) is -3.41. The summed E-state index contributed by atoms with van der Waals surface area (Å²) >= 11 is 0. The summed E-state index contributed by atoms with van der Waals surface area (Å²) in [5, 5.41) is 3.10. The molecule has 0 radical (unpaired) electrons. The summed E-state index contributed by atoms with van der Waals surface area (Å²) < 4.78 is 40.8. The Bertz CT molecular complexity index is 515. The number of hydrogen-bond acceptors (Lipinski definition) is 3. The lowest BCUT2D eigenvalue weighted by Crippen LogP contribution is -2.50. The summed E-state index contributed by atoms with van der Waals surface area (Å²) in [6.07, 6.45) is 0.475. The second kappa shape index (κ2) is 6.42. The summed E-state index contributed by atoms with van der Waals surface area (Å²) in [5.74, 6) is -0.303. The zero-order chi connectivity index (χ0) is 13.7. The third kappa shape index (κ3) is 4.24. The average molecular weight is 287 g/mol. The number of rotatable bonds is 5. The van der Waals surface area contributed by atoms with Crippen LogP contribution in [0.15, 0.2) is 24.3 Å². The molecule has 5 nitrogen and oxygen atoms in total. The number of benzene rings is 1. The van der Waals surface area contributed by atoms with Gasteiger partial charge in [-0.2, -0.15) is 12.7 Å². The molecule has 19 heavy (non-hydrogen) atoms. The minimum atomic E-state index is -3.41. The van der Waals surface area contributed by atoms with E-state index in [0.29, 0.717) is 32.6 Å². The first-order chi connectivity index (χ1) is 9.08. The maximum Gasteiger partial charge on any atom is 0.279 e. The number of nitrogens with one attached hydrogen (secondary N) is 2. The van der Waals surface area contributed by atoms with Gasteiger partial charge >= 0.3 is 0 Å². The molecule has 7 heteroatoms. The average Bonchev–Trinajstić information content (AvgIpc) is 2.40. The van der Waals surface area contributed by atoms with E-state index < -0.39 is 10.2 Å². The molecule has 0 aliphatic carbocycles. The van der Waals surface area contributed by atoms with Crippen molar-refractivity contribution in [3.63, 3.8) is 0 Å². The fraction of sp³-hybridized carbons (Fsp3) is 0.500. The molecule has 0 atom stereocenters. The van der Waals surface area contributed by atoms with E-state index >= 15 is 0 Å². The van der Waals surface area contributed by atoms with Gasteiger partial charge in [-0.25, -0.2) is 9.11 Å². The second-order valence-electron chi connectivity index (χ2n) is 4.43. The van der Waals surface area contributed by atoms with Gasteiger partial charge in [-0.15, -0.1) is 0 Å². The van der Waals surface area contributed by atoms with E-state index in [9.17, 15) is 12.8 Å². The third-order valence-corrected chi connectivity index (χ3v) is 4.62. The quantitative estimate of drug-likeness (QED) is 0.808. The first-order valence-corrected chi connectivity index (χ1v) is 7.72. The molecule has 0 amide bonds. The molecule has 1 aromatic rings. The smallest absolute Gasteiger partial charge is 0.279 e. The highest BCUT2D eigenvalue weighted by Crippen LogP contribution is 2.05. The van der Waals surface area contributed by atoms with Gasteiger partial charge in [-0.3, -0.25) is 0 Å². The minimum absolute atomic E-state index is 0.274. The Morgan fingerprint density at radius 1 is 1.32 bits per heavy atom. The SMILES string of the molecule is O=S(=O)(NCCc1cccc(F)c1)N1CCNCC1. The van der Waals surface area contributed by atoms with Crippen LogP contribution in [-0.2, 0) is 16.6 Å². The van der Waals surface area contributed by atoms with Gasteiger partial charge in [0.05, 0.1) is 0 Å². The number of halogens is 1. The van der Waals surface area contributed by atoms with Crippen molar-refractivity contribution < 1.29 is 12.8 Å². The van der Waals surface area contributed by atoms with Crippen molar-refractivity contribution in [2.24, 2.45) is 0 Å². The summed E-state index contributed by atoms with van der Waals surface area (Å²) in [6.45, 7) is 2.58. The van der Waals surface area contributed by atoms with Crippen molar-refractivity contribution in [3.8, 4) is 0 Å². The highest BCUT2D eigenvalue weighted by Gasteiger charge is 2.22. The highest BCUT2D eigenvalue weighted by molar-refractivity contribution is 7.87. The molecule has 2 rings (SSSR count). The number of piperazine rings is 1. The van der Waals surface area contributed by atoms with E-state index in [2.05, 4.69) is 10.0 Å². The molecule has 1 aliphatic rings. The van der Waals surface area contributed by atoms with E-state index in [1.54, 1.807) is 12.1 Å². The lowest BCUT2D eigenvalue weighted by atomic mass is 10.1. The molecule has 1 saturated heterocycles. The van der Waals surface area contributed by atoms with Crippen LogP contribution in [0.2, 0.25) is 0 Å². The first-order valence-electron chi connectivity index (χ1n) is 6.28. The standard InChI is InChI=1S/C12H18FN3O2S/c13-12-3-1-2-11(10-12)4-5-15-19(17,18)16-8-6-14-7-9-16/h1-3,10,14-15H,4-9H2. The minimum Gasteiger partial charge on any atom is -0.314 e. The molecule has 0 spiro atoms. The Morgan fingerprint density at radius 3 is 2.74 bits per heavy atom. The van der Waals surface area contributed by atoms with Gasteiger partial charge in [-0.05, 0) is 24.1 Å². The van der Waals surface area contributed by atoms with Crippen LogP contribution in [0.25, 0.3) is 0 Å². The summed E-state index contributed by atoms with van der Waals surface area (Å²) in [4.78, 5) is 0. The Kier molecular flexibility index (Phi) is 4.87. The van der Waals surface area contributed by atoms with Crippen molar-refractivity contribution in [1.29, 1.82) is 0 Å². The molecule has 0 bridgehead atoms. The van der Waals surface area contributed by atoms with E-state index in [1.165, 1.54) is 16.4 Å². The molecule has 0 unspecified atom stereocenters. The van der Waals surface area contributed by atoms with Crippen LogP contribution in [-0.4, -0.2) is 45.4 Å². The Morgan fingerprint density at radius 2 is 2.05 bits per heavy atom. The van der Waals surface area contributed by atoms with Crippen molar-refractivity contribution in [2.75, 3.05) is 32.7 Å². The van der Waals surface area contributed by atoms with E-state index in [4.69, 9.17) is 0 Å². The van der Waals surface area contributed by atoms with Crippen LogP contribution in [0.5, 0.6) is 0 Å². The van der Waals surface area contributed by atoms with Gasteiger partial charge < -0.3 is 5.32 Å². The molecular formula is C12H18FN3O2S. The zero-order valence-corrected chi connectivity index (χ0v) is 11.4. The van der Waals surface area contributed by atoms with Gasteiger partial charge in [0.15, 0.2) is 0 Å². The van der Waals surface area contributed by atoms with E-state index in [0.717, 1.165) is 5.56 Å². The van der Waals surface area contributed by atoms with Crippen LogP contribution >= 0.6 is 0 Å². The lowest BCUT2D eigenvalue weighted by molar-refractivity contribution is 0.355. The molecule has 1 fully saturated rings. The van der Waals surface area contributed by atoms with Crippen LogP contribution in [0.1, 0.15) is 5.56 Å². The van der Waals surface area contributed by atoms with Gasteiger partial charge in [0.25, 0.3) is 10.2 Å². The van der Waals surface area contributed by atoms with Crippen LogP contribution < -0.4 is 10.0 Å². The third-order valence-electron chi connectivity index (χ3n) is 3.00. The summed E-state index contributed by atoms with van der Waals surface area (Å²) in [6, 6.07) is 6.19. The van der Waals surface area contributed by atoms with Gasteiger partial charge in [-0.1, -0.05) is 12.1 Å². The Hall–Kier alpha value is -1.02. The Balaban J connectivity index is 1.84. The van der Waals surface area contributed by atoms with Crippen LogP contribution in [0, 0.1) is 5.82 Å².